The van der Waals surface area contributed by atoms with Gasteiger partial charge in [0.25, 0.3) is 0 Å². The molecular weight excluding hydrogens is 244 g/mol. The Kier molecular flexibility index (Phi) is 6.70. The first kappa shape index (κ1) is 17.2. The van der Waals surface area contributed by atoms with E-state index in [0.29, 0.717) is 18.0 Å². The Hall–Kier alpha value is -0.860. The highest BCUT2D eigenvalue weighted by molar-refractivity contribution is 5.25. The van der Waals surface area contributed by atoms with Gasteiger partial charge in [0.2, 0.25) is 0 Å². The maximum Gasteiger partial charge on any atom is 0.0450 e. The van der Waals surface area contributed by atoms with Crippen LogP contribution in [-0.4, -0.2) is 23.5 Å². The largest absolute Gasteiger partial charge is 0.323 e. The summed E-state index contributed by atoms with van der Waals surface area (Å²) in [6, 6.07) is 9.72. The first-order chi connectivity index (χ1) is 9.36. The first-order valence-electron chi connectivity index (χ1n) is 7.96. The van der Waals surface area contributed by atoms with Gasteiger partial charge in [0, 0.05) is 24.7 Å². The van der Waals surface area contributed by atoms with Crippen LogP contribution in [0.3, 0.4) is 0 Å². The van der Waals surface area contributed by atoms with Crippen molar-refractivity contribution in [3.8, 4) is 0 Å². The van der Waals surface area contributed by atoms with Crippen LogP contribution in [0.4, 0.5) is 0 Å². The summed E-state index contributed by atoms with van der Waals surface area (Å²) < 4.78 is 0. The van der Waals surface area contributed by atoms with E-state index in [0.717, 1.165) is 13.0 Å². The van der Waals surface area contributed by atoms with Crippen LogP contribution >= 0.6 is 0 Å². The van der Waals surface area contributed by atoms with E-state index >= 15 is 0 Å². The van der Waals surface area contributed by atoms with Crippen molar-refractivity contribution in [3.63, 3.8) is 0 Å². The van der Waals surface area contributed by atoms with Crippen molar-refractivity contribution < 1.29 is 0 Å². The van der Waals surface area contributed by atoms with Gasteiger partial charge in [0.05, 0.1) is 0 Å². The highest BCUT2D eigenvalue weighted by Gasteiger charge is 2.24. The van der Waals surface area contributed by atoms with E-state index in [1.54, 1.807) is 0 Å². The molecule has 0 aliphatic carbocycles. The normalized spacial score (nSPS) is 15.1. The van der Waals surface area contributed by atoms with E-state index in [9.17, 15) is 0 Å². The number of hydrogen-bond donors (Lipinski definition) is 1. The molecule has 2 N–H and O–H groups in total. The summed E-state index contributed by atoms with van der Waals surface area (Å²) in [5.74, 6) is 0.662. The van der Waals surface area contributed by atoms with Gasteiger partial charge in [-0.25, -0.2) is 0 Å². The molecule has 114 valence electrons. The molecule has 1 rings (SSSR count). The van der Waals surface area contributed by atoms with Crippen LogP contribution < -0.4 is 5.73 Å². The highest BCUT2D eigenvalue weighted by Crippen LogP contribution is 2.22. The van der Waals surface area contributed by atoms with E-state index in [-0.39, 0.29) is 6.04 Å². The van der Waals surface area contributed by atoms with Crippen molar-refractivity contribution in [2.75, 3.05) is 6.54 Å². The van der Waals surface area contributed by atoms with E-state index in [4.69, 9.17) is 5.73 Å². The molecular formula is C18H32N2. The van der Waals surface area contributed by atoms with Gasteiger partial charge in [-0.2, -0.15) is 0 Å². The number of nitrogens with zero attached hydrogens (tertiary/aromatic N) is 1. The number of aryl methyl sites for hydroxylation is 1. The Morgan fingerprint density at radius 2 is 1.55 bits per heavy atom. The Bertz CT molecular complexity index is 381. The molecule has 0 saturated heterocycles. The minimum atomic E-state index is 0.0713. The van der Waals surface area contributed by atoms with Gasteiger partial charge < -0.3 is 5.73 Å². The van der Waals surface area contributed by atoms with Gasteiger partial charge in [-0.05, 0) is 44.2 Å². The average molecular weight is 276 g/mol. The molecule has 0 bridgehead atoms. The molecule has 0 aromatic heterocycles. The van der Waals surface area contributed by atoms with Crippen LogP contribution in [0.1, 0.15) is 58.7 Å². The minimum absolute atomic E-state index is 0.0713. The number of nitrogens with two attached hydrogens (primary N) is 1. The zero-order valence-electron chi connectivity index (χ0n) is 14.1. The summed E-state index contributed by atoms with van der Waals surface area (Å²) in [5, 5.41) is 0. The van der Waals surface area contributed by atoms with E-state index < -0.39 is 0 Å². The molecule has 0 aliphatic heterocycles. The van der Waals surface area contributed by atoms with Gasteiger partial charge in [-0.1, -0.05) is 45.0 Å². The third kappa shape index (κ3) is 4.60. The van der Waals surface area contributed by atoms with Gasteiger partial charge in [-0.15, -0.1) is 0 Å². The second-order valence-corrected chi connectivity index (χ2v) is 6.55. The van der Waals surface area contributed by atoms with Crippen molar-refractivity contribution in [1.82, 2.24) is 4.90 Å². The third-order valence-corrected chi connectivity index (χ3v) is 4.05. The molecule has 1 aromatic rings. The molecule has 0 amide bonds. The van der Waals surface area contributed by atoms with E-state index in [1.807, 2.05) is 0 Å². The third-order valence-electron chi connectivity index (χ3n) is 4.05. The summed E-state index contributed by atoms with van der Waals surface area (Å²) in [6.07, 6.45) is 1.08. The lowest BCUT2D eigenvalue weighted by molar-refractivity contribution is 0.126. The number of rotatable bonds is 7. The summed E-state index contributed by atoms with van der Waals surface area (Å²) in [5.41, 5.74) is 9.11. The maximum absolute atomic E-state index is 6.50. The quantitative estimate of drug-likeness (QED) is 0.815. The van der Waals surface area contributed by atoms with Crippen LogP contribution in [0.25, 0.3) is 0 Å². The predicted molar refractivity (Wildman–Crippen MR) is 88.9 cm³/mol. The van der Waals surface area contributed by atoms with Crippen LogP contribution in [0, 0.1) is 5.92 Å². The lowest BCUT2D eigenvalue weighted by Gasteiger charge is -2.37. The zero-order valence-corrected chi connectivity index (χ0v) is 14.1. The van der Waals surface area contributed by atoms with Crippen molar-refractivity contribution in [2.45, 2.75) is 66.1 Å². The topological polar surface area (TPSA) is 29.3 Å². The van der Waals surface area contributed by atoms with Gasteiger partial charge in [0.1, 0.15) is 0 Å². The molecule has 2 heteroatoms. The Morgan fingerprint density at radius 1 is 1.00 bits per heavy atom. The summed E-state index contributed by atoms with van der Waals surface area (Å²) in [7, 11) is 0. The van der Waals surface area contributed by atoms with Gasteiger partial charge >= 0.3 is 0 Å². The molecule has 20 heavy (non-hydrogen) atoms. The molecule has 2 nitrogen and oxygen atoms in total. The summed E-state index contributed by atoms with van der Waals surface area (Å²) >= 11 is 0. The zero-order chi connectivity index (χ0) is 15.3. The lowest BCUT2D eigenvalue weighted by atomic mass is 9.97. The van der Waals surface area contributed by atoms with Gasteiger partial charge in [0.15, 0.2) is 0 Å². The molecule has 0 aliphatic rings. The van der Waals surface area contributed by atoms with Crippen LogP contribution in [0.15, 0.2) is 24.3 Å². The van der Waals surface area contributed by atoms with Crippen molar-refractivity contribution >= 4 is 0 Å². The molecule has 0 spiro atoms. The standard InChI is InChI=1S/C18H32N2/c1-7-16-8-10-17(11-9-16)18(19)15(6)20(14(4)5)12-13(2)3/h8-11,13-15,18H,7,12,19H2,1-6H3. The molecule has 1 aromatic carbocycles. The van der Waals surface area contributed by atoms with Crippen LogP contribution in [-0.2, 0) is 6.42 Å². The Labute approximate surface area is 125 Å². The summed E-state index contributed by atoms with van der Waals surface area (Å²) in [6.45, 7) is 14.6. The fraction of sp³-hybridized carbons (Fsp3) is 0.667. The van der Waals surface area contributed by atoms with Crippen molar-refractivity contribution in [3.05, 3.63) is 35.4 Å². The number of benzene rings is 1. The molecule has 0 radical (unpaired) electrons. The molecule has 2 unspecified atom stereocenters. The number of hydrogen-bond acceptors (Lipinski definition) is 2. The van der Waals surface area contributed by atoms with E-state index in [2.05, 4.69) is 70.7 Å². The van der Waals surface area contributed by atoms with Crippen molar-refractivity contribution in [1.29, 1.82) is 0 Å². The highest BCUT2D eigenvalue weighted by atomic mass is 15.2. The predicted octanol–water partition coefficient (Wildman–Crippen LogP) is 4.00. The fourth-order valence-electron chi connectivity index (χ4n) is 2.73. The molecule has 2 atom stereocenters. The first-order valence-corrected chi connectivity index (χ1v) is 7.96. The van der Waals surface area contributed by atoms with Crippen LogP contribution in [0.2, 0.25) is 0 Å². The van der Waals surface area contributed by atoms with E-state index in [1.165, 1.54) is 11.1 Å². The summed E-state index contributed by atoms with van der Waals surface area (Å²) in [4.78, 5) is 2.52. The molecule has 0 fully saturated rings. The Morgan fingerprint density at radius 3 is 1.95 bits per heavy atom. The SMILES string of the molecule is CCc1ccc(C(N)C(C)N(CC(C)C)C(C)C)cc1. The monoisotopic (exact) mass is 276 g/mol. The maximum atomic E-state index is 6.50. The second-order valence-electron chi connectivity index (χ2n) is 6.55. The second kappa shape index (κ2) is 7.80. The minimum Gasteiger partial charge on any atom is -0.323 e. The Balaban J connectivity index is 2.83. The fourth-order valence-corrected chi connectivity index (χ4v) is 2.73. The lowest BCUT2D eigenvalue weighted by Crippen LogP contribution is -2.46. The molecule has 0 saturated carbocycles. The van der Waals surface area contributed by atoms with Gasteiger partial charge in [-0.3, -0.25) is 4.90 Å². The molecule has 0 heterocycles. The average Bonchev–Trinajstić information content (AvgIpc) is 2.43. The van der Waals surface area contributed by atoms with Crippen LogP contribution in [0.5, 0.6) is 0 Å². The van der Waals surface area contributed by atoms with Crippen molar-refractivity contribution in [2.24, 2.45) is 11.7 Å². The smallest absolute Gasteiger partial charge is 0.0450 e.